The van der Waals surface area contributed by atoms with Gasteiger partial charge >= 0.3 is 0 Å². The number of imide groups is 1. The maximum absolute atomic E-state index is 14.3. The summed E-state index contributed by atoms with van der Waals surface area (Å²) < 4.78 is 1.27. The maximum Gasteiger partial charge on any atom is 0.272 e. The van der Waals surface area contributed by atoms with E-state index in [-0.39, 0.29) is 17.7 Å². The second kappa shape index (κ2) is 7.94. The lowest BCUT2D eigenvalue weighted by Crippen LogP contribution is -2.50. The number of nitrogens with zero attached hydrogens (tertiary/aromatic N) is 5. The van der Waals surface area contributed by atoms with Crippen LogP contribution in [0.15, 0.2) is 97.1 Å². The largest absolute Gasteiger partial charge is 0.351 e. The summed E-state index contributed by atoms with van der Waals surface area (Å²) >= 11 is 0. The third-order valence-corrected chi connectivity index (χ3v) is 8.22. The summed E-state index contributed by atoms with van der Waals surface area (Å²) in [5.74, 6) is -2.63. The van der Waals surface area contributed by atoms with Gasteiger partial charge in [-0.2, -0.15) is 4.68 Å². The van der Waals surface area contributed by atoms with E-state index in [1.165, 1.54) is 9.58 Å². The number of benzene rings is 4. The smallest absolute Gasteiger partial charge is 0.272 e. The minimum absolute atomic E-state index is 0.293. The van der Waals surface area contributed by atoms with Crippen LogP contribution in [-0.4, -0.2) is 44.8 Å². The zero-order chi connectivity index (χ0) is 26.2. The molecule has 5 aromatic rings. The van der Waals surface area contributed by atoms with Crippen molar-refractivity contribution in [3.8, 4) is 0 Å². The average molecular weight is 512 g/mol. The maximum atomic E-state index is 14.3. The molecule has 4 heterocycles. The van der Waals surface area contributed by atoms with E-state index in [1.54, 1.807) is 18.2 Å². The van der Waals surface area contributed by atoms with Crippen molar-refractivity contribution in [1.82, 2.24) is 15.0 Å². The Bertz CT molecular complexity index is 1890. The average Bonchev–Trinajstić information content (AvgIpc) is 3.63. The van der Waals surface area contributed by atoms with Crippen LogP contribution in [0.5, 0.6) is 0 Å². The third kappa shape index (κ3) is 2.96. The topological polar surface area (TPSA) is 88.4 Å². The van der Waals surface area contributed by atoms with Crippen molar-refractivity contribution in [3.05, 3.63) is 103 Å². The first kappa shape index (κ1) is 21.9. The van der Waals surface area contributed by atoms with Crippen molar-refractivity contribution in [1.29, 1.82) is 0 Å². The Morgan fingerprint density at radius 3 is 2.41 bits per heavy atom. The number of carbonyl (C=O) groups excluding carboxylic acids is 3. The minimum Gasteiger partial charge on any atom is -0.351 e. The van der Waals surface area contributed by atoms with Gasteiger partial charge in [0.05, 0.1) is 29.1 Å². The van der Waals surface area contributed by atoms with Gasteiger partial charge in [-0.25, -0.2) is 4.90 Å². The molecule has 0 bridgehead atoms. The molecule has 1 aromatic heterocycles. The van der Waals surface area contributed by atoms with Crippen LogP contribution in [0.1, 0.15) is 10.4 Å². The van der Waals surface area contributed by atoms with Crippen molar-refractivity contribution < 1.29 is 14.4 Å². The van der Waals surface area contributed by atoms with Crippen LogP contribution in [0, 0.1) is 11.8 Å². The molecule has 0 aliphatic carbocycles. The molecular weight excluding hydrogens is 490 g/mol. The normalized spacial score (nSPS) is 23.4. The minimum atomic E-state index is -0.932. The number of para-hydroxylation sites is 2. The van der Waals surface area contributed by atoms with Crippen molar-refractivity contribution in [2.45, 2.75) is 12.1 Å². The molecule has 8 rings (SSSR count). The van der Waals surface area contributed by atoms with Crippen molar-refractivity contribution >= 4 is 57.0 Å². The molecule has 39 heavy (non-hydrogen) atoms. The van der Waals surface area contributed by atoms with E-state index in [2.05, 4.69) is 10.3 Å². The molecule has 0 spiro atoms. The Hall–Kier alpha value is -5.11. The zero-order valence-corrected chi connectivity index (χ0v) is 20.6. The van der Waals surface area contributed by atoms with Crippen LogP contribution in [0.3, 0.4) is 0 Å². The number of fused-ring (bicyclic) bond motifs is 7. The van der Waals surface area contributed by atoms with E-state index in [9.17, 15) is 14.4 Å². The van der Waals surface area contributed by atoms with Gasteiger partial charge in [0, 0.05) is 5.69 Å². The number of carbonyl (C=O) groups is 3. The standard InChI is InChI=1S/C31H21N5O3/c37-29-26-25-16-14-19-8-3-5-11-23(19)35(25)28(31(39)36-24-12-6-4-10-22(24)32-33-36)27(26)30(38)34(29)21-15-13-18-7-1-2-9-20(18)17-21/h1-17,25-28H/t25-,26-,27-,28+/m0/s1. The molecule has 2 saturated heterocycles. The zero-order valence-electron chi connectivity index (χ0n) is 20.6. The molecule has 3 aliphatic heterocycles. The van der Waals surface area contributed by atoms with Gasteiger partial charge in [0.1, 0.15) is 11.6 Å². The molecule has 4 aromatic carbocycles. The van der Waals surface area contributed by atoms with Gasteiger partial charge in [-0.05, 0) is 46.7 Å². The summed E-state index contributed by atoms with van der Waals surface area (Å²) in [4.78, 5) is 45.8. The van der Waals surface area contributed by atoms with Crippen molar-refractivity contribution in [2.24, 2.45) is 11.8 Å². The van der Waals surface area contributed by atoms with Crippen LogP contribution in [0.2, 0.25) is 0 Å². The molecule has 0 N–H and O–H groups in total. The molecule has 0 radical (unpaired) electrons. The molecule has 2 amide bonds. The van der Waals surface area contributed by atoms with Gasteiger partial charge in [-0.1, -0.05) is 78.0 Å². The Morgan fingerprint density at radius 2 is 1.51 bits per heavy atom. The summed E-state index contributed by atoms with van der Waals surface area (Å²) in [6.07, 6.45) is 3.92. The van der Waals surface area contributed by atoms with Crippen molar-refractivity contribution in [2.75, 3.05) is 9.80 Å². The summed E-state index contributed by atoms with van der Waals surface area (Å²) in [6.45, 7) is 0. The van der Waals surface area contributed by atoms with E-state index in [1.807, 2.05) is 89.8 Å². The van der Waals surface area contributed by atoms with Crippen LogP contribution in [-0.2, 0) is 9.59 Å². The molecule has 4 atom stereocenters. The summed E-state index contributed by atoms with van der Waals surface area (Å²) in [7, 11) is 0. The number of aromatic nitrogens is 3. The summed E-state index contributed by atoms with van der Waals surface area (Å²) in [5.41, 5.74) is 3.41. The first-order valence-electron chi connectivity index (χ1n) is 12.9. The van der Waals surface area contributed by atoms with E-state index < -0.39 is 23.9 Å². The van der Waals surface area contributed by atoms with Gasteiger partial charge in [0.2, 0.25) is 11.8 Å². The predicted molar refractivity (Wildman–Crippen MR) is 147 cm³/mol. The lowest BCUT2D eigenvalue weighted by atomic mass is 9.88. The van der Waals surface area contributed by atoms with E-state index in [0.717, 1.165) is 22.0 Å². The lowest BCUT2D eigenvalue weighted by molar-refractivity contribution is -0.122. The van der Waals surface area contributed by atoms with Gasteiger partial charge < -0.3 is 4.90 Å². The SMILES string of the molecule is O=C1[C@@H]2[C@H](C(=O)N1c1ccc3ccccc3c1)[C@H](C(=O)n1nnc3ccccc31)N1c3ccccc3C=C[C@@H]21. The Labute approximate surface area is 222 Å². The summed E-state index contributed by atoms with van der Waals surface area (Å²) in [6, 6.07) is 27.0. The fraction of sp³-hybridized carbons (Fsp3) is 0.129. The predicted octanol–water partition coefficient (Wildman–Crippen LogP) is 4.31. The van der Waals surface area contributed by atoms with Crippen LogP contribution >= 0.6 is 0 Å². The number of rotatable bonds is 2. The highest BCUT2D eigenvalue weighted by atomic mass is 16.2. The van der Waals surface area contributed by atoms with Crippen LogP contribution in [0.4, 0.5) is 11.4 Å². The van der Waals surface area contributed by atoms with E-state index >= 15 is 0 Å². The van der Waals surface area contributed by atoms with Gasteiger partial charge in [-0.15, -0.1) is 5.10 Å². The molecule has 0 saturated carbocycles. The second-order valence-corrected chi connectivity index (χ2v) is 10.2. The molecule has 0 unspecified atom stereocenters. The van der Waals surface area contributed by atoms with Crippen molar-refractivity contribution in [3.63, 3.8) is 0 Å². The first-order valence-corrected chi connectivity index (χ1v) is 12.9. The van der Waals surface area contributed by atoms with Gasteiger partial charge in [0.15, 0.2) is 0 Å². The number of anilines is 2. The first-order chi connectivity index (χ1) is 19.1. The summed E-state index contributed by atoms with van der Waals surface area (Å²) in [5, 5.41) is 10.3. The van der Waals surface area contributed by atoms with Crippen LogP contribution < -0.4 is 9.80 Å². The number of hydrogen-bond donors (Lipinski definition) is 0. The van der Waals surface area contributed by atoms with Crippen LogP contribution in [0.25, 0.3) is 27.9 Å². The molecule has 8 heteroatoms. The van der Waals surface area contributed by atoms with Gasteiger partial charge in [0.25, 0.3) is 5.91 Å². The highest BCUT2D eigenvalue weighted by Gasteiger charge is 2.64. The fourth-order valence-corrected chi connectivity index (χ4v) is 6.52. The fourth-order valence-electron chi connectivity index (χ4n) is 6.52. The number of amides is 2. The highest BCUT2D eigenvalue weighted by molar-refractivity contribution is 6.25. The molecule has 3 aliphatic rings. The molecule has 8 nitrogen and oxygen atoms in total. The Balaban J connectivity index is 1.29. The number of hydrogen-bond acceptors (Lipinski definition) is 6. The van der Waals surface area contributed by atoms with E-state index in [4.69, 9.17) is 0 Å². The Morgan fingerprint density at radius 1 is 0.769 bits per heavy atom. The van der Waals surface area contributed by atoms with E-state index in [0.29, 0.717) is 16.7 Å². The van der Waals surface area contributed by atoms with Gasteiger partial charge in [-0.3, -0.25) is 14.4 Å². The molecule has 2 fully saturated rings. The Kier molecular flexibility index (Phi) is 4.47. The highest BCUT2D eigenvalue weighted by Crippen LogP contribution is 2.49. The molecule has 188 valence electrons. The lowest BCUT2D eigenvalue weighted by Gasteiger charge is -2.36. The quantitative estimate of drug-likeness (QED) is 0.328. The molecular formula is C31H21N5O3. The second-order valence-electron chi connectivity index (χ2n) is 10.2. The monoisotopic (exact) mass is 511 g/mol. The third-order valence-electron chi connectivity index (χ3n) is 8.22.